The van der Waals surface area contributed by atoms with E-state index in [-0.39, 0.29) is 28.2 Å². The van der Waals surface area contributed by atoms with Gasteiger partial charge in [-0.2, -0.15) is 0 Å². The largest absolute Gasteiger partial charge is 0.494 e. The molecule has 7 heteroatoms. The standard InChI is InChI=1S/C19H19ClN2O4/c1-2-26-15-8-5-13(6-9-15)18-4-3-11-21(18)19(23)16-10-7-14(22(24)25)12-17(16)20/h5-10,12,18H,2-4,11H2,1H3. The lowest BCUT2D eigenvalue weighted by Crippen LogP contribution is -2.30. The van der Waals surface area contributed by atoms with Crippen molar-refractivity contribution in [2.24, 2.45) is 0 Å². The van der Waals surface area contributed by atoms with Crippen LogP contribution in [0.25, 0.3) is 0 Å². The van der Waals surface area contributed by atoms with E-state index in [1.807, 2.05) is 31.2 Å². The molecule has 2 aromatic carbocycles. The van der Waals surface area contributed by atoms with Crippen LogP contribution in [0.2, 0.25) is 5.02 Å². The summed E-state index contributed by atoms with van der Waals surface area (Å²) in [6.45, 7) is 3.16. The van der Waals surface area contributed by atoms with Crippen LogP contribution < -0.4 is 4.74 Å². The maximum Gasteiger partial charge on any atom is 0.270 e. The summed E-state index contributed by atoms with van der Waals surface area (Å²) in [5.41, 5.74) is 1.20. The summed E-state index contributed by atoms with van der Waals surface area (Å²) in [4.78, 5) is 25.0. The van der Waals surface area contributed by atoms with E-state index >= 15 is 0 Å². The van der Waals surface area contributed by atoms with Crippen LogP contribution in [-0.2, 0) is 0 Å². The summed E-state index contributed by atoms with van der Waals surface area (Å²) in [5.74, 6) is 0.590. The Bertz CT molecular complexity index is 823. The highest BCUT2D eigenvalue weighted by Crippen LogP contribution is 2.35. The second kappa shape index (κ2) is 7.74. The van der Waals surface area contributed by atoms with Gasteiger partial charge in [0.05, 0.1) is 28.2 Å². The van der Waals surface area contributed by atoms with E-state index in [2.05, 4.69) is 0 Å². The number of nitro benzene ring substituents is 1. The van der Waals surface area contributed by atoms with E-state index in [1.54, 1.807) is 4.90 Å². The molecule has 1 heterocycles. The number of benzene rings is 2. The third-order valence-electron chi connectivity index (χ3n) is 4.48. The first-order chi connectivity index (χ1) is 12.5. The SMILES string of the molecule is CCOc1ccc(C2CCCN2C(=O)c2ccc([N+](=O)[O-])cc2Cl)cc1. The number of ether oxygens (including phenoxy) is 1. The molecule has 3 rings (SSSR count). The van der Waals surface area contributed by atoms with Gasteiger partial charge >= 0.3 is 0 Å². The number of carbonyl (C=O) groups is 1. The summed E-state index contributed by atoms with van der Waals surface area (Å²) in [6, 6.07) is 11.7. The van der Waals surface area contributed by atoms with Gasteiger partial charge in [0.25, 0.3) is 11.6 Å². The average molecular weight is 375 g/mol. The molecular weight excluding hydrogens is 356 g/mol. The van der Waals surface area contributed by atoms with Crippen molar-refractivity contribution in [3.63, 3.8) is 0 Å². The number of likely N-dealkylation sites (tertiary alicyclic amines) is 1. The average Bonchev–Trinajstić information content (AvgIpc) is 3.11. The molecular formula is C19H19ClN2O4. The second-order valence-electron chi connectivity index (χ2n) is 6.08. The third-order valence-corrected chi connectivity index (χ3v) is 4.80. The zero-order chi connectivity index (χ0) is 18.7. The quantitative estimate of drug-likeness (QED) is 0.565. The fourth-order valence-corrected chi connectivity index (χ4v) is 3.51. The van der Waals surface area contributed by atoms with Crippen molar-refractivity contribution >= 4 is 23.2 Å². The van der Waals surface area contributed by atoms with Crippen molar-refractivity contribution in [3.8, 4) is 5.75 Å². The van der Waals surface area contributed by atoms with Crippen LogP contribution in [-0.4, -0.2) is 28.9 Å². The van der Waals surface area contributed by atoms with Gasteiger partial charge in [0.15, 0.2) is 0 Å². The monoisotopic (exact) mass is 374 g/mol. The molecule has 1 aliphatic heterocycles. The molecule has 1 amide bonds. The van der Waals surface area contributed by atoms with E-state index in [1.165, 1.54) is 18.2 Å². The zero-order valence-corrected chi connectivity index (χ0v) is 15.1. The van der Waals surface area contributed by atoms with Gasteiger partial charge in [-0.1, -0.05) is 23.7 Å². The van der Waals surface area contributed by atoms with Crippen molar-refractivity contribution in [3.05, 3.63) is 68.7 Å². The summed E-state index contributed by atoms with van der Waals surface area (Å²) in [7, 11) is 0. The normalized spacial score (nSPS) is 16.5. The second-order valence-corrected chi connectivity index (χ2v) is 6.49. The first-order valence-electron chi connectivity index (χ1n) is 8.49. The van der Waals surface area contributed by atoms with E-state index in [9.17, 15) is 14.9 Å². The molecule has 0 bridgehead atoms. The number of halogens is 1. The minimum absolute atomic E-state index is 0.0376. The summed E-state index contributed by atoms with van der Waals surface area (Å²) in [5, 5.41) is 10.9. The third kappa shape index (κ3) is 3.65. The number of nitrogens with zero attached hydrogens (tertiary/aromatic N) is 2. The molecule has 0 N–H and O–H groups in total. The molecule has 26 heavy (non-hydrogen) atoms. The molecule has 6 nitrogen and oxygen atoms in total. The number of nitro groups is 1. The molecule has 2 aromatic rings. The van der Waals surface area contributed by atoms with Crippen molar-refractivity contribution in [2.75, 3.05) is 13.2 Å². The van der Waals surface area contributed by atoms with Crippen LogP contribution in [0.1, 0.15) is 41.7 Å². The van der Waals surface area contributed by atoms with Crippen molar-refractivity contribution in [2.45, 2.75) is 25.8 Å². The number of hydrogen-bond acceptors (Lipinski definition) is 4. The zero-order valence-electron chi connectivity index (χ0n) is 14.4. The molecule has 1 saturated heterocycles. The molecule has 0 aromatic heterocycles. The Morgan fingerprint density at radius 1 is 1.31 bits per heavy atom. The van der Waals surface area contributed by atoms with Gasteiger partial charge in [0.2, 0.25) is 0 Å². The molecule has 136 valence electrons. The molecule has 1 aliphatic rings. The molecule has 0 aliphatic carbocycles. The van der Waals surface area contributed by atoms with Crippen LogP contribution in [0.3, 0.4) is 0 Å². The Morgan fingerprint density at radius 3 is 2.65 bits per heavy atom. The van der Waals surface area contributed by atoms with Crippen molar-refractivity contribution < 1.29 is 14.5 Å². The van der Waals surface area contributed by atoms with Crippen LogP contribution in [0, 0.1) is 10.1 Å². The number of hydrogen-bond donors (Lipinski definition) is 0. The van der Waals surface area contributed by atoms with Gasteiger partial charge < -0.3 is 9.64 Å². The predicted octanol–water partition coefficient (Wildman–Crippen LogP) is 4.62. The van der Waals surface area contributed by atoms with Crippen LogP contribution in [0.5, 0.6) is 5.75 Å². The first kappa shape index (κ1) is 18.2. The topological polar surface area (TPSA) is 72.7 Å². The highest BCUT2D eigenvalue weighted by atomic mass is 35.5. The lowest BCUT2D eigenvalue weighted by atomic mass is 10.0. The highest BCUT2D eigenvalue weighted by molar-refractivity contribution is 6.34. The van der Waals surface area contributed by atoms with E-state index in [0.717, 1.165) is 24.2 Å². The highest BCUT2D eigenvalue weighted by Gasteiger charge is 2.31. The summed E-state index contributed by atoms with van der Waals surface area (Å²) >= 11 is 6.13. The minimum Gasteiger partial charge on any atom is -0.494 e. The van der Waals surface area contributed by atoms with Gasteiger partial charge in [-0.3, -0.25) is 14.9 Å². The number of carbonyl (C=O) groups excluding carboxylic acids is 1. The molecule has 1 fully saturated rings. The molecule has 0 spiro atoms. The lowest BCUT2D eigenvalue weighted by Gasteiger charge is -2.25. The Balaban J connectivity index is 1.83. The minimum atomic E-state index is -0.529. The molecule has 1 unspecified atom stereocenters. The molecule has 0 radical (unpaired) electrons. The first-order valence-corrected chi connectivity index (χ1v) is 8.86. The fraction of sp³-hybridized carbons (Fsp3) is 0.316. The van der Waals surface area contributed by atoms with Gasteiger partial charge in [0, 0.05) is 18.7 Å². The Labute approximate surface area is 156 Å². The van der Waals surface area contributed by atoms with E-state index < -0.39 is 4.92 Å². The van der Waals surface area contributed by atoms with Gasteiger partial charge in [-0.05, 0) is 43.5 Å². The Hall–Kier alpha value is -2.60. The number of rotatable bonds is 5. The van der Waals surface area contributed by atoms with Crippen LogP contribution in [0.15, 0.2) is 42.5 Å². The predicted molar refractivity (Wildman–Crippen MR) is 98.7 cm³/mol. The maximum atomic E-state index is 12.9. The lowest BCUT2D eigenvalue weighted by molar-refractivity contribution is -0.384. The smallest absolute Gasteiger partial charge is 0.270 e. The number of amides is 1. The maximum absolute atomic E-state index is 12.9. The Kier molecular flexibility index (Phi) is 5.42. The van der Waals surface area contributed by atoms with Crippen LogP contribution >= 0.6 is 11.6 Å². The van der Waals surface area contributed by atoms with Gasteiger partial charge in [0.1, 0.15) is 5.75 Å². The van der Waals surface area contributed by atoms with Crippen molar-refractivity contribution in [1.82, 2.24) is 4.90 Å². The molecule has 0 saturated carbocycles. The molecule has 1 atom stereocenters. The number of non-ortho nitro benzene ring substituents is 1. The Morgan fingerprint density at radius 2 is 2.04 bits per heavy atom. The van der Waals surface area contributed by atoms with E-state index in [4.69, 9.17) is 16.3 Å². The summed E-state index contributed by atoms with van der Waals surface area (Å²) in [6.07, 6.45) is 1.76. The van der Waals surface area contributed by atoms with Gasteiger partial charge in [-0.25, -0.2) is 0 Å². The fourth-order valence-electron chi connectivity index (χ4n) is 3.25. The van der Waals surface area contributed by atoms with Crippen molar-refractivity contribution in [1.29, 1.82) is 0 Å². The van der Waals surface area contributed by atoms with Gasteiger partial charge in [-0.15, -0.1) is 0 Å². The summed E-state index contributed by atoms with van der Waals surface area (Å²) < 4.78 is 5.46. The van der Waals surface area contributed by atoms with Crippen LogP contribution in [0.4, 0.5) is 5.69 Å². The van der Waals surface area contributed by atoms with E-state index in [0.29, 0.717) is 13.2 Å².